The third-order valence-corrected chi connectivity index (χ3v) is 2.77. The minimum Gasteiger partial charge on any atom is -0.469 e. The van der Waals surface area contributed by atoms with Gasteiger partial charge in [0.1, 0.15) is 11.6 Å². The third kappa shape index (κ3) is 4.25. The van der Waals surface area contributed by atoms with Crippen LogP contribution in [0.25, 0.3) is 0 Å². The summed E-state index contributed by atoms with van der Waals surface area (Å²) in [5, 5.41) is 2.89. The van der Waals surface area contributed by atoms with Crippen LogP contribution in [0.2, 0.25) is 0 Å². The van der Waals surface area contributed by atoms with E-state index in [1.165, 1.54) is 12.1 Å². The molecule has 0 bridgehead atoms. The highest BCUT2D eigenvalue weighted by atomic mass is 19.1. The summed E-state index contributed by atoms with van der Waals surface area (Å²) in [6.45, 7) is 1.92. The van der Waals surface area contributed by atoms with Gasteiger partial charge in [-0.15, -0.1) is 0 Å². The maximum Gasteiger partial charge on any atom is 0.224 e. The fraction of sp³-hybridized carbons (Fsp3) is 0.267. The van der Waals surface area contributed by atoms with Crippen LogP contribution >= 0.6 is 0 Å². The molecular formula is C15H16FNO2. The summed E-state index contributed by atoms with van der Waals surface area (Å²) in [5.74, 6) is 0.468. The second-order valence-electron chi connectivity index (χ2n) is 4.56. The van der Waals surface area contributed by atoms with Crippen LogP contribution in [0.1, 0.15) is 18.2 Å². The van der Waals surface area contributed by atoms with Crippen molar-refractivity contribution < 1.29 is 13.6 Å². The molecule has 0 spiro atoms. The van der Waals surface area contributed by atoms with Gasteiger partial charge in [0, 0.05) is 12.5 Å². The zero-order valence-corrected chi connectivity index (χ0v) is 10.7. The third-order valence-electron chi connectivity index (χ3n) is 2.77. The summed E-state index contributed by atoms with van der Waals surface area (Å²) < 4.78 is 18.0. The number of nitrogens with one attached hydrogen (secondary N) is 1. The Balaban J connectivity index is 1.82. The molecule has 19 heavy (non-hydrogen) atoms. The van der Waals surface area contributed by atoms with Gasteiger partial charge in [0.15, 0.2) is 0 Å². The first-order valence-electron chi connectivity index (χ1n) is 6.19. The van der Waals surface area contributed by atoms with E-state index in [9.17, 15) is 9.18 Å². The quantitative estimate of drug-likeness (QED) is 0.899. The minimum absolute atomic E-state index is 0.000835. The lowest BCUT2D eigenvalue weighted by molar-refractivity contribution is -0.121. The maximum absolute atomic E-state index is 12.7. The van der Waals surface area contributed by atoms with E-state index < -0.39 is 0 Å². The van der Waals surface area contributed by atoms with Gasteiger partial charge in [-0.1, -0.05) is 12.1 Å². The number of rotatable bonds is 5. The van der Waals surface area contributed by atoms with Crippen molar-refractivity contribution in [2.24, 2.45) is 0 Å². The van der Waals surface area contributed by atoms with E-state index in [1.807, 2.05) is 19.1 Å². The molecule has 0 aliphatic rings. The predicted octanol–water partition coefficient (Wildman–Crippen LogP) is 2.71. The van der Waals surface area contributed by atoms with Gasteiger partial charge in [-0.25, -0.2) is 4.39 Å². The van der Waals surface area contributed by atoms with Gasteiger partial charge in [-0.2, -0.15) is 0 Å². The van der Waals surface area contributed by atoms with Gasteiger partial charge in [0.25, 0.3) is 0 Å². The van der Waals surface area contributed by atoms with Crippen molar-refractivity contribution >= 4 is 5.91 Å². The van der Waals surface area contributed by atoms with E-state index >= 15 is 0 Å². The Morgan fingerprint density at radius 2 is 2.05 bits per heavy atom. The van der Waals surface area contributed by atoms with E-state index in [0.29, 0.717) is 6.42 Å². The number of carbonyl (C=O) groups is 1. The van der Waals surface area contributed by atoms with Crippen molar-refractivity contribution in [3.63, 3.8) is 0 Å². The molecule has 1 amide bonds. The van der Waals surface area contributed by atoms with Gasteiger partial charge < -0.3 is 9.73 Å². The fourth-order valence-electron chi connectivity index (χ4n) is 1.90. The Morgan fingerprint density at radius 3 is 2.68 bits per heavy atom. The smallest absolute Gasteiger partial charge is 0.224 e. The molecule has 0 aliphatic heterocycles. The maximum atomic E-state index is 12.7. The van der Waals surface area contributed by atoms with E-state index in [1.54, 1.807) is 18.4 Å². The van der Waals surface area contributed by atoms with E-state index in [4.69, 9.17) is 4.42 Å². The predicted molar refractivity (Wildman–Crippen MR) is 70.1 cm³/mol. The fourth-order valence-corrected chi connectivity index (χ4v) is 1.90. The van der Waals surface area contributed by atoms with Crippen LogP contribution in [0, 0.1) is 5.82 Å². The highest BCUT2D eigenvalue weighted by Gasteiger charge is 2.10. The SMILES string of the molecule is CC(Cc1ccco1)NC(=O)Cc1ccc(F)cc1. The zero-order chi connectivity index (χ0) is 13.7. The van der Waals surface area contributed by atoms with Crippen LogP contribution in [-0.2, 0) is 17.6 Å². The van der Waals surface area contributed by atoms with Crippen LogP contribution in [0.15, 0.2) is 47.1 Å². The molecule has 0 saturated carbocycles. The van der Waals surface area contributed by atoms with Gasteiger partial charge in [0.2, 0.25) is 5.91 Å². The minimum atomic E-state index is -0.296. The molecule has 1 heterocycles. The topological polar surface area (TPSA) is 42.2 Å². The van der Waals surface area contributed by atoms with Crippen molar-refractivity contribution in [2.45, 2.75) is 25.8 Å². The molecule has 0 aliphatic carbocycles. The lowest BCUT2D eigenvalue weighted by Crippen LogP contribution is -2.35. The highest BCUT2D eigenvalue weighted by molar-refractivity contribution is 5.78. The van der Waals surface area contributed by atoms with Crippen LogP contribution in [0.4, 0.5) is 4.39 Å². The van der Waals surface area contributed by atoms with Gasteiger partial charge in [0.05, 0.1) is 12.7 Å². The Kier molecular flexibility index (Phi) is 4.34. The van der Waals surface area contributed by atoms with Crippen LogP contribution < -0.4 is 5.32 Å². The Hall–Kier alpha value is -2.10. The second kappa shape index (κ2) is 6.18. The summed E-state index contributed by atoms with van der Waals surface area (Å²) in [4.78, 5) is 11.8. The number of hydrogen-bond donors (Lipinski definition) is 1. The molecule has 0 saturated heterocycles. The number of halogens is 1. The first-order chi connectivity index (χ1) is 9.13. The average Bonchev–Trinajstić information content (AvgIpc) is 2.84. The monoisotopic (exact) mass is 261 g/mol. The summed E-state index contributed by atoms with van der Waals surface area (Å²) in [6.07, 6.45) is 2.52. The highest BCUT2D eigenvalue weighted by Crippen LogP contribution is 2.06. The summed E-state index contributed by atoms with van der Waals surface area (Å²) in [6, 6.07) is 9.65. The van der Waals surface area contributed by atoms with Gasteiger partial charge in [-0.3, -0.25) is 4.79 Å². The number of hydrogen-bond acceptors (Lipinski definition) is 2. The van der Waals surface area contributed by atoms with Crippen LogP contribution in [0.3, 0.4) is 0 Å². The first kappa shape index (κ1) is 13.3. The van der Waals surface area contributed by atoms with Crippen LogP contribution in [-0.4, -0.2) is 11.9 Å². The molecule has 0 radical (unpaired) electrons. The van der Waals surface area contributed by atoms with Crippen molar-refractivity contribution in [1.82, 2.24) is 5.32 Å². The molecule has 3 nitrogen and oxygen atoms in total. The molecule has 0 fully saturated rings. The number of benzene rings is 1. The zero-order valence-electron chi connectivity index (χ0n) is 10.7. The van der Waals surface area contributed by atoms with Crippen molar-refractivity contribution in [3.05, 3.63) is 59.8 Å². The molecule has 1 aromatic heterocycles. The molecule has 100 valence electrons. The molecule has 1 N–H and O–H groups in total. The summed E-state index contributed by atoms with van der Waals surface area (Å²) >= 11 is 0. The molecule has 1 aromatic carbocycles. The second-order valence-corrected chi connectivity index (χ2v) is 4.56. The van der Waals surface area contributed by atoms with Crippen molar-refractivity contribution in [1.29, 1.82) is 0 Å². The lowest BCUT2D eigenvalue weighted by atomic mass is 10.1. The largest absolute Gasteiger partial charge is 0.469 e. The Bertz CT molecular complexity index is 520. The number of amides is 1. The van der Waals surface area contributed by atoms with Crippen molar-refractivity contribution in [3.8, 4) is 0 Å². The standard InChI is InChI=1S/C15H16FNO2/c1-11(9-14-3-2-8-19-14)17-15(18)10-12-4-6-13(16)7-5-12/h2-8,11H,9-10H2,1H3,(H,17,18). The number of furan rings is 1. The van der Waals surface area contributed by atoms with E-state index in [2.05, 4.69) is 5.32 Å². The van der Waals surface area contributed by atoms with Gasteiger partial charge >= 0.3 is 0 Å². The van der Waals surface area contributed by atoms with Crippen molar-refractivity contribution in [2.75, 3.05) is 0 Å². The number of carbonyl (C=O) groups excluding carboxylic acids is 1. The Morgan fingerprint density at radius 1 is 1.32 bits per heavy atom. The molecule has 1 atom stereocenters. The van der Waals surface area contributed by atoms with E-state index in [-0.39, 0.29) is 24.2 Å². The molecule has 1 unspecified atom stereocenters. The molecular weight excluding hydrogens is 245 g/mol. The molecule has 2 rings (SSSR count). The Labute approximate surface area is 111 Å². The average molecular weight is 261 g/mol. The molecule has 2 aromatic rings. The summed E-state index contributed by atoms with van der Waals surface area (Å²) in [7, 11) is 0. The van der Waals surface area contributed by atoms with Gasteiger partial charge in [-0.05, 0) is 36.8 Å². The molecule has 4 heteroatoms. The first-order valence-corrected chi connectivity index (χ1v) is 6.19. The lowest BCUT2D eigenvalue weighted by Gasteiger charge is -2.12. The summed E-state index contributed by atoms with van der Waals surface area (Å²) in [5.41, 5.74) is 0.795. The normalized spacial score (nSPS) is 12.1. The van der Waals surface area contributed by atoms with Crippen LogP contribution in [0.5, 0.6) is 0 Å². The van der Waals surface area contributed by atoms with E-state index in [0.717, 1.165) is 11.3 Å².